The largest absolute Gasteiger partial charge is 0.493 e. The third kappa shape index (κ3) is 6.71. The predicted molar refractivity (Wildman–Crippen MR) is 128 cm³/mol. The standard InChI is InChI=1S/C24H36N6O2/c1-31-21-6-5-20(15-22(21)32-14-4-13-30-11-2-3-12-30)29-24-16-23(27-18-28-24)26-17-19-7-9-25-10-8-19/h5-6,15-16,18-19,25H,2-4,7-14,17H2,1H3,(H2,26,27,28,29). The third-order valence-electron chi connectivity index (χ3n) is 6.21. The van der Waals surface area contributed by atoms with Crippen LogP contribution < -0.4 is 25.4 Å². The van der Waals surface area contributed by atoms with Gasteiger partial charge in [0.25, 0.3) is 0 Å². The predicted octanol–water partition coefficient (Wildman–Crippen LogP) is 3.51. The molecule has 2 aliphatic rings. The van der Waals surface area contributed by atoms with E-state index in [0.29, 0.717) is 12.5 Å². The molecule has 1 aromatic heterocycles. The number of piperidine rings is 1. The SMILES string of the molecule is COc1ccc(Nc2cc(NCC3CCNCC3)ncn2)cc1OCCCN1CCCC1. The van der Waals surface area contributed by atoms with Gasteiger partial charge in [0.15, 0.2) is 11.5 Å². The summed E-state index contributed by atoms with van der Waals surface area (Å²) >= 11 is 0. The Kier molecular flexibility index (Phi) is 8.39. The highest BCUT2D eigenvalue weighted by Gasteiger charge is 2.14. The van der Waals surface area contributed by atoms with Crippen LogP contribution >= 0.6 is 0 Å². The van der Waals surface area contributed by atoms with E-state index in [1.54, 1.807) is 13.4 Å². The van der Waals surface area contributed by atoms with E-state index in [4.69, 9.17) is 9.47 Å². The van der Waals surface area contributed by atoms with Gasteiger partial charge in [-0.3, -0.25) is 0 Å². The summed E-state index contributed by atoms with van der Waals surface area (Å²) in [6.45, 7) is 7.35. The fourth-order valence-corrected chi connectivity index (χ4v) is 4.35. The normalized spacial score (nSPS) is 17.3. The van der Waals surface area contributed by atoms with Crippen LogP contribution in [0.3, 0.4) is 0 Å². The second kappa shape index (κ2) is 11.9. The number of nitrogens with one attached hydrogen (secondary N) is 3. The van der Waals surface area contributed by atoms with Crippen LogP contribution in [0.15, 0.2) is 30.6 Å². The zero-order chi connectivity index (χ0) is 22.0. The summed E-state index contributed by atoms with van der Waals surface area (Å²) in [4.78, 5) is 11.2. The van der Waals surface area contributed by atoms with Crippen LogP contribution in [0.4, 0.5) is 17.3 Å². The Morgan fingerprint density at radius 2 is 1.88 bits per heavy atom. The van der Waals surface area contributed by atoms with Crippen LogP contribution in [0, 0.1) is 5.92 Å². The molecule has 4 rings (SSSR count). The first-order chi connectivity index (χ1) is 15.8. The van der Waals surface area contributed by atoms with Gasteiger partial charge in [-0.2, -0.15) is 0 Å². The maximum Gasteiger partial charge on any atom is 0.163 e. The summed E-state index contributed by atoms with van der Waals surface area (Å²) < 4.78 is 11.5. The van der Waals surface area contributed by atoms with Gasteiger partial charge in [-0.1, -0.05) is 0 Å². The second-order valence-corrected chi connectivity index (χ2v) is 8.60. The van der Waals surface area contributed by atoms with Crippen molar-refractivity contribution in [1.29, 1.82) is 0 Å². The molecule has 2 aliphatic heterocycles. The molecule has 0 bridgehead atoms. The average Bonchev–Trinajstić information content (AvgIpc) is 3.35. The highest BCUT2D eigenvalue weighted by molar-refractivity contribution is 5.62. The monoisotopic (exact) mass is 440 g/mol. The summed E-state index contributed by atoms with van der Waals surface area (Å²) in [5.41, 5.74) is 0.906. The molecule has 174 valence electrons. The number of methoxy groups -OCH3 is 1. The van der Waals surface area contributed by atoms with E-state index < -0.39 is 0 Å². The quantitative estimate of drug-likeness (QED) is 0.458. The number of nitrogens with zero attached hydrogens (tertiary/aromatic N) is 3. The molecule has 3 N–H and O–H groups in total. The van der Waals surface area contributed by atoms with Crippen molar-refractivity contribution in [2.24, 2.45) is 5.92 Å². The van der Waals surface area contributed by atoms with Crippen molar-refractivity contribution < 1.29 is 9.47 Å². The van der Waals surface area contributed by atoms with E-state index in [0.717, 1.165) is 61.4 Å². The maximum atomic E-state index is 6.05. The number of likely N-dealkylation sites (tertiary alicyclic amines) is 1. The van der Waals surface area contributed by atoms with Gasteiger partial charge in [0.1, 0.15) is 18.0 Å². The molecule has 2 saturated heterocycles. The molecule has 32 heavy (non-hydrogen) atoms. The molecule has 0 radical (unpaired) electrons. The smallest absolute Gasteiger partial charge is 0.163 e. The topological polar surface area (TPSA) is 83.6 Å². The molecule has 8 nitrogen and oxygen atoms in total. The van der Waals surface area contributed by atoms with Crippen LogP contribution in [0.2, 0.25) is 0 Å². The lowest BCUT2D eigenvalue weighted by Gasteiger charge is -2.23. The fraction of sp³-hybridized carbons (Fsp3) is 0.583. The van der Waals surface area contributed by atoms with Crippen LogP contribution in [0.25, 0.3) is 0 Å². The van der Waals surface area contributed by atoms with Gasteiger partial charge < -0.3 is 30.3 Å². The Balaban J connectivity index is 1.31. The molecule has 0 saturated carbocycles. The van der Waals surface area contributed by atoms with Gasteiger partial charge in [0.2, 0.25) is 0 Å². The molecular weight excluding hydrogens is 404 g/mol. The zero-order valence-corrected chi connectivity index (χ0v) is 19.1. The first-order valence-electron chi connectivity index (χ1n) is 11.9. The van der Waals surface area contributed by atoms with E-state index in [1.807, 2.05) is 24.3 Å². The second-order valence-electron chi connectivity index (χ2n) is 8.60. The summed E-state index contributed by atoms with van der Waals surface area (Å²) in [6, 6.07) is 7.82. The van der Waals surface area contributed by atoms with E-state index in [9.17, 15) is 0 Å². The molecule has 8 heteroatoms. The molecule has 0 aliphatic carbocycles. The van der Waals surface area contributed by atoms with Crippen molar-refractivity contribution in [1.82, 2.24) is 20.2 Å². The van der Waals surface area contributed by atoms with Gasteiger partial charge >= 0.3 is 0 Å². The summed E-state index contributed by atoms with van der Waals surface area (Å²) in [5, 5.41) is 10.2. The van der Waals surface area contributed by atoms with Gasteiger partial charge in [0.05, 0.1) is 13.7 Å². The van der Waals surface area contributed by atoms with E-state index in [-0.39, 0.29) is 0 Å². The number of rotatable bonds is 11. The molecule has 1 aromatic carbocycles. The van der Waals surface area contributed by atoms with E-state index >= 15 is 0 Å². The van der Waals surface area contributed by atoms with Crippen LogP contribution in [0.1, 0.15) is 32.1 Å². The van der Waals surface area contributed by atoms with Gasteiger partial charge in [-0.05, 0) is 76.3 Å². The average molecular weight is 441 g/mol. The zero-order valence-electron chi connectivity index (χ0n) is 19.1. The van der Waals surface area contributed by atoms with E-state index in [1.165, 1.54) is 38.8 Å². The number of hydrogen-bond donors (Lipinski definition) is 3. The number of ether oxygens (including phenoxy) is 2. The minimum Gasteiger partial charge on any atom is -0.493 e. The van der Waals surface area contributed by atoms with Gasteiger partial charge in [-0.15, -0.1) is 0 Å². The minimum absolute atomic E-state index is 0.675. The molecule has 0 atom stereocenters. The Hall–Kier alpha value is -2.58. The molecule has 2 aromatic rings. The van der Waals surface area contributed by atoms with Crippen LogP contribution in [-0.4, -0.2) is 67.9 Å². The van der Waals surface area contributed by atoms with Crippen molar-refractivity contribution in [3.05, 3.63) is 30.6 Å². The van der Waals surface area contributed by atoms with E-state index in [2.05, 4.69) is 30.8 Å². The fourth-order valence-electron chi connectivity index (χ4n) is 4.35. The number of aromatic nitrogens is 2. The third-order valence-corrected chi connectivity index (χ3v) is 6.21. The lowest BCUT2D eigenvalue weighted by molar-refractivity contribution is 0.254. The Labute approximate surface area is 191 Å². The number of benzene rings is 1. The summed E-state index contributed by atoms with van der Waals surface area (Å²) in [5.74, 6) is 3.77. The first-order valence-corrected chi connectivity index (χ1v) is 11.9. The van der Waals surface area contributed by atoms with Gasteiger partial charge in [0, 0.05) is 30.9 Å². The highest BCUT2D eigenvalue weighted by atomic mass is 16.5. The Morgan fingerprint density at radius 3 is 2.69 bits per heavy atom. The van der Waals surface area contributed by atoms with Crippen molar-refractivity contribution >= 4 is 17.3 Å². The minimum atomic E-state index is 0.675. The maximum absolute atomic E-state index is 6.05. The molecule has 0 unspecified atom stereocenters. The van der Waals surface area contributed by atoms with Crippen LogP contribution in [-0.2, 0) is 0 Å². The molecule has 0 spiro atoms. The van der Waals surface area contributed by atoms with Crippen molar-refractivity contribution in [3.63, 3.8) is 0 Å². The lowest BCUT2D eigenvalue weighted by Crippen LogP contribution is -2.31. The summed E-state index contributed by atoms with van der Waals surface area (Å²) in [6.07, 6.45) is 7.65. The van der Waals surface area contributed by atoms with Crippen LogP contribution in [0.5, 0.6) is 11.5 Å². The number of hydrogen-bond acceptors (Lipinski definition) is 8. The molecule has 2 fully saturated rings. The Bertz CT molecular complexity index is 837. The molecule has 3 heterocycles. The molecular formula is C24H36N6O2. The van der Waals surface area contributed by atoms with Gasteiger partial charge in [-0.25, -0.2) is 9.97 Å². The van der Waals surface area contributed by atoms with Crippen molar-refractivity contribution in [2.45, 2.75) is 32.1 Å². The summed E-state index contributed by atoms with van der Waals surface area (Å²) in [7, 11) is 1.67. The highest BCUT2D eigenvalue weighted by Crippen LogP contribution is 2.31. The first kappa shape index (κ1) is 22.6. The lowest BCUT2D eigenvalue weighted by atomic mass is 9.98. The van der Waals surface area contributed by atoms with Crippen molar-refractivity contribution in [2.75, 3.05) is 63.6 Å². The van der Waals surface area contributed by atoms with Crippen molar-refractivity contribution in [3.8, 4) is 11.5 Å². The molecule has 0 amide bonds. The number of anilines is 3. The Morgan fingerprint density at radius 1 is 1.06 bits per heavy atom.